The molecule has 2 fully saturated rings. The van der Waals surface area contributed by atoms with Gasteiger partial charge in [0.05, 0.1) is 40.0 Å². The first-order valence-electron chi connectivity index (χ1n) is 31.1. The Morgan fingerprint density at radius 2 is 0.714 bits per heavy atom. The lowest BCUT2D eigenvalue weighted by atomic mass is 9.92. The van der Waals surface area contributed by atoms with Crippen LogP contribution in [-0.4, -0.2) is 245 Å². The monoisotopic (exact) mass is 1570 g/mol. The number of hydrogen-bond acceptors (Lipinski definition) is 44. The van der Waals surface area contributed by atoms with Gasteiger partial charge in [-0.25, -0.2) is 38.4 Å². The summed E-state index contributed by atoms with van der Waals surface area (Å²) in [6.45, 7) is -2.89. The van der Waals surface area contributed by atoms with Crippen molar-refractivity contribution in [2.45, 2.75) is 61.4 Å². The highest BCUT2D eigenvalue weighted by molar-refractivity contribution is 6.09. The van der Waals surface area contributed by atoms with Crippen molar-refractivity contribution in [1.29, 1.82) is 0 Å². The second-order valence-corrected chi connectivity index (χ2v) is 24.1. The number of phenols is 22. The fourth-order valence-corrected chi connectivity index (χ4v) is 11.6. The van der Waals surface area contributed by atoms with Gasteiger partial charge < -0.3 is 179 Å². The molecule has 4 unspecified atom stereocenters. The fraction of sp³-hybridized carbons (Fsp3) is 0.176. The fourth-order valence-electron chi connectivity index (χ4n) is 11.6. The first-order valence-corrected chi connectivity index (χ1v) is 31.1. The molecule has 0 amide bonds. The topological polar surface area (TPSA) is 733 Å². The predicted molar refractivity (Wildman–Crippen MR) is 345 cm³/mol. The number of aliphatic hydroxyl groups excluding tert-OH is 2. The van der Waals surface area contributed by atoms with Gasteiger partial charge in [-0.05, 0) is 60.7 Å². The van der Waals surface area contributed by atoms with Gasteiger partial charge in [-0.2, -0.15) is 0 Å². The lowest BCUT2D eigenvalue weighted by Crippen LogP contribution is -2.63. The van der Waals surface area contributed by atoms with Crippen molar-refractivity contribution in [2.24, 2.45) is 0 Å². The number of aromatic hydroxyl groups is 22. The van der Waals surface area contributed by atoms with Gasteiger partial charge in [0.1, 0.15) is 36.0 Å². The maximum absolute atomic E-state index is 15.3. The van der Waals surface area contributed by atoms with Crippen LogP contribution in [0.1, 0.15) is 82.9 Å². The average molecular weight is 1570 g/mol. The summed E-state index contributed by atoms with van der Waals surface area (Å²) in [7, 11) is 0. The van der Waals surface area contributed by atoms with E-state index in [1.54, 1.807) is 0 Å². The zero-order valence-corrected chi connectivity index (χ0v) is 55.0. The maximum atomic E-state index is 15.3. The highest BCUT2D eigenvalue weighted by atomic mass is 16.8. The van der Waals surface area contributed by atoms with Gasteiger partial charge in [-0.15, -0.1) is 0 Å². The first kappa shape index (κ1) is 76.2. The van der Waals surface area contributed by atoms with Crippen LogP contribution < -0.4 is 9.47 Å². The van der Waals surface area contributed by atoms with E-state index in [-0.39, 0.29) is 30.3 Å². The molecule has 5 heterocycles. The Kier molecular flexibility index (Phi) is 19.5. The normalized spacial score (nSPS) is 21.2. The van der Waals surface area contributed by atoms with Gasteiger partial charge in [0.25, 0.3) is 0 Å². The number of hydrogen-bond donors (Lipinski definition) is 24. The van der Waals surface area contributed by atoms with Crippen LogP contribution in [0.3, 0.4) is 0 Å². The summed E-state index contributed by atoms with van der Waals surface area (Å²) in [6, 6.07) is 4.03. The van der Waals surface area contributed by atoms with Crippen molar-refractivity contribution in [3.8, 4) is 161 Å². The predicted octanol–water partition coefficient (Wildman–Crippen LogP) is 2.19. The van der Waals surface area contributed by atoms with E-state index in [4.69, 9.17) is 56.8 Å². The Morgan fingerprint density at radius 3 is 1.19 bits per heavy atom. The summed E-state index contributed by atoms with van der Waals surface area (Å²) in [5.41, 5.74) is -12.0. The molecule has 112 heavy (non-hydrogen) atoms. The number of rotatable bonds is 5. The van der Waals surface area contributed by atoms with Gasteiger partial charge in [0.2, 0.25) is 70.8 Å². The molecular formula is C68H50O44. The molecule has 2 saturated heterocycles. The van der Waals surface area contributed by atoms with Gasteiger partial charge in [-0.1, -0.05) is 0 Å². The number of phenolic OH excluding ortho intramolecular Hbond substituents is 22. The van der Waals surface area contributed by atoms with E-state index in [9.17, 15) is 151 Å². The highest BCUT2D eigenvalue weighted by Crippen LogP contribution is 2.56. The van der Waals surface area contributed by atoms with Crippen molar-refractivity contribution in [1.82, 2.24) is 0 Å². The van der Waals surface area contributed by atoms with Crippen LogP contribution in [0.5, 0.6) is 149 Å². The lowest BCUT2D eigenvalue weighted by molar-refractivity contribution is -0.283. The maximum Gasteiger partial charge on any atom is 0.342 e. The molecule has 8 aromatic rings. The van der Waals surface area contributed by atoms with E-state index in [0.717, 1.165) is 0 Å². The average Bonchev–Trinajstić information content (AvgIpc) is 1.19. The van der Waals surface area contributed by atoms with Crippen LogP contribution in [0.25, 0.3) is 11.1 Å². The number of aliphatic hydroxyl groups is 2. The molecule has 10 atom stereocenters. The van der Waals surface area contributed by atoms with E-state index < -0.39 is 328 Å². The largest absolute Gasteiger partial charge is 0.504 e. The minimum absolute atomic E-state index is 0.158. The number of carbonyl (C=O) groups excluding carboxylic acids is 8. The molecule has 44 heteroatoms. The van der Waals surface area contributed by atoms with Crippen molar-refractivity contribution in [2.75, 3.05) is 13.2 Å². The summed E-state index contributed by atoms with van der Waals surface area (Å²) in [5, 5.41) is 262. The molecule has 0 aromatic heterocycles. The van der Waals surface area contributed by atoms with Crippen LogP contribution in [0, 0.1) is 0 Å². The number of ether oxygens (including phenoxy) is 12. The van der Waals surface area contributed by atoms with Gasteiger partial charge in [-0.3, -0.25) is 0 Å². The summed E-state index contributed by atoms with van der Waals surface area (Å²) in [6.07, 6.45) is -27.1. The molecule has 5 aliphatic rings. The third-order valence-corrected chi connectivity index (χ3v) is 17.1. The summed E-state index contributed by atoms with van der Waals surface area (Å²) < 4.78 is 67.6. The Hall–Kier alpha value is -15.4. The number of benzene rings is 8. The smallest absolute Gasteiger partial charge is 0.342 e. The second-order valence-electron chi connectivity index (χ2n) is 24.1. The van der Waals surface area contributed by atoms with Gasteiger partial charge in [0.15, 0.2) is 122 Å². The van der Waals surface area contributed by atoms with E-state index in [1.807, 2.05) is 0 Å². The molecule has 13 rings (SSSR count). The number of carbonyl (C=O) groups is 8. The number of cyclic esters (lactones) is 1. The Bertz CT molecular complexity index is 5290. The van der Waals surface area contributed by atoms with Crippen LogP contribution in [0.15, 0.2) is 72.8 Å². The van der Waals surface area contributed by atoms with E-state index in [1.165, 1.54) is 0 Å². The Balaban J connectivity index is 1.06. The molecule has 0 aliphatic carbocycles. The van der Waals surface area contributed by atoms with Crippen LogP contribution in [-0.2, 0) is 47.4 Å². The zero-order valence-electron chi connectivity index (χ0n) is 55.0. The molecule has 586 valence electrons. The molecule has 4 bridgehead atoms. The van der Waals surface area contributed by atoms with Crippen LogP contribution in [0.2, 0.25) is 0 Å². The third-order valence-electron chi connectivity index (χ3n) is 17.1. The molecule has 24 N–H and O–H groups in total. The van der Waals surface area contributed by atoms with Crippen LogP contribution in [0.4, 0.5) is 0 Å². The van der Waals surface area contributed by atoms with Crippen molar-refractivity contribution >= 4 is 47.8 Å². The Labute approximate surface area is 616 Å². The quantitative estimate of drug-likeness (QED) is 0.0667. The highest BCUT2D eigenvalue weighted by Gasteiger charge is 2.57. The van der Waals surface area contributed by atoms with Crippen molar-refractivity contribution < 1.29 is 218 Å². The van der Waals surface area contributed by atoms with E-state index >= 15 is 9.59 Å². The molecule has 0 spiro atoms. The third kappa shape index (κ3) is 13.5. The second kappa shape index (κ2) is 28.7. The Morgan fingerprint density at radius 1 is 0.348 bits per heavy atom. The van der Waals surface area contributed by atoms with E-state index in [2.05, 4.69) is 0 Å². The standard InChI is InChI=1S/C68H50O44/c69-13-35-46(88)55(107-59(93)15-1-23(70)39(81)24(71)2-15)57-67(103-35)112-62(96)18-5-27(74)41(83)34(8-18)102-51-21(11-30(77)44(86)49(51)91)65(99)110-58-56(108-60(94)16-3-25(72)40(82)26(73)4-16)54-36(14-101-63(97)19-9-28(75)42(84)47(89)37(19)38-20(64(98)106-54)10-29(76)43(85)48(38)90)104-68(58)111-61(95)17-6-32(79)53(33(80)7-17)105-52-22(66(100)109-57)12-31(78)45(87)50(52)92/h1-12,35-36,46,54-58,67-92H,13-14H2/t35-,36?,46?,54-,55?,56+,57-,58?,67+,68+/m1/s1. The van der Waals surface area contributed by atoms with Crippen LogP contribution >= 0.6 is 0 Å². The molecule has 8 aromatic carbocycles. The minimum atomic E-state index is -3.05. The van der Waals surface area contributed by atoms with Gasteiger partial charge in [0, 0.05) is 23.3 Å². The SMILES string of the molecule is O=C(OC1C(O)[C@@H](CO)O[C@H]2OC(=O)c3cc(O)c(O)c(c3)Oc3c(cc(O)c(O)c3O)C(=O)OC3[C@H](OC(=O)c4cc(O)c(c(O)c4)Oc4c(cc(O)c(O)c4O)C(=O)O[C@H]12)OC1COC(=O)c2cc(O)c(O)c(O)c2-c2c(cc(O)c(O)c2O)C(=O)O[C@H]1[C@@H]3OC(=O)c1cc(O)c(O)c(O)c1)c1cc(O)c(O)c(O)c1. The summed E-state index contributed by atoms with van der Waals surface area (Å²) >= 11 is 0. The number of esters is 8. The van der Waals surface area contributed by atoms with Gasteiger partial charge >= 0.3 is 47.8 Å². The summed E-state index contributed by atoms with van der Waals surface area (Å²) in [5.74, 6) is -53.7. The molecule has 5 aliphatic heterocycles. The molecule has 0 saturated carbocycles. The molecule has 0 radical (unpaired) electrons. The minimum Gasteiger partial charge on any atom is -0.504 e. The van der Waals surface area contributed by atoms with Crippen molar-refractivity contribution in [3.05, 3.63) is 117 Å². The number of fused-ring (bicyclic) bond motifs is 10. The lowest BCUT2D eigenvalue weighted by Gasteiger charge is -2.43. The van der Waals surface area contributed by atoms with Crippen molar-refractivity contribution in [3.63, 3.8) is 0 Å². The molecular weight excluding hydrogens is 1520 g/mol. The summed E-state index contributed by atoms with van der Waals surface area (Å²) in [4.78, 5) is 117. The van der Waals surface area contributed by atoms with E-state index in [0.29, 0.717) is 42.5 Å². The first-order chi connectivity index (χ1) is 52.8. The molecule has 44 nitrogen and oxygen atoms in total. The zero-order chi connectivity index (χ0) is 81.6.